The van der Waals surface area contributed by atoms with Crippen LogP contribution < -0.4 is 10.1 Å². The average Bonchev–Trinajstić information content (AvgIpc) is 2.54. The van der Waals surface area contributed by atoms with Crippen LogP contribution in [0.2, 0.25) is 5.02 Å². The molecule has 0 unspecified atom stereocenters. The topological polar surface area (TPSA) is 71.0 Å². The van der Waals surface area contributed by atoms with Crippen LogP contribution in [0.5, 0.6) is 5.75 Å². The van der Waals surface area contributed by atoms with Crippen LogP contribution in [0.15, 0.2) is 29.3 Å². The zero-order valence-corrected chi connectivity index (χ0v) is 20.6. The number of ether oxygens (including phenoxy) is 1. The molecule has 1 N–H and O–H groups in total. The summed E-state index contributed by atoms with van der Waals surface area (Å²) < 4.78 is 29.3. The van der Waals surface area contributed by atoms with Gasteiger partial charge in [0, 0.05) is 18.6 Å². The van der Waals surface area contributed by atoms with Crippen LogP contribution in [0.25, 0.3) is 0 Å². The smallest absolute Gasteiger partial charge is 0.193 e. The van der Waals surface area contributed by atoms with E-state index in [4.69, 9.17) is 16.3 Å². The van der Waals surface area contributed by atoms with Crippen LogP contribution in [0.1, 0.15) is 27.7 Å². The number of halogens is 2. The molecule has 0 aliphatic carbocycles. The van der Waals surface area contributed by atoms with E-state index in [9.17, 15) is 8.42 Å². The van der Waals surface area contributed by atoms with Crippen molar-refractivity contribution < 1.29 is 13.2 Å². The quantitative estimate of drug-likeness (QED) is 0.316. The summed E-state index contributed by atoms with van der Waals surface area (Å²) in [4.78, 5) is 6.35. The normalized spacial score (nSPS) is 12.3. The highest BCUT2D eigenvalue weighted by Crippen LogP contribution is 2.16. The van der Waals surface area contributed by atoms with E-state index >= 15 is 0 Å². The molecule has 0 aliphatic heterocycles. The molecule has 9 heteroatoms. The Morgan fingerprint density at radius 1 is 1.26 bits per heavy atom. The first-order valence-corrected chi connectivity index (χ1v) is 10.7. The molecule has 0 aliphatic rings. The molecule has 1 aromatic carbocycles. The van der Waals surface area contributed by atoms with Gasteiger partial charge in [-0.05, 0) is 52.0 Å². The summed E-state index contributed by atoms with van der Waals surface area (Å²) >= 11 is 5.85. The lowest BCUT2D eigenvalue weighted by molar-refractivity contribution is 0.281. The molecule has 0 aromatic heterocycles. The third kappa shape index (κ3) is 9.34. The van der Waals surface area contributed by atoms with Crippen molar-refractivity contribution in [3.05, 3.63) is 29.3 Å². The predicted molar refractivity (Wildman–Crippen MR) is 125 cm³/mol. The number of guanidine groups is 1. The first kappa shape index (κ1) is 26.3. The highest BCUT2D eigenvalue weighted by molar-refractivity contribution is 14.0. The summed E-state index contributed by atoms with van der Waals surface area (Å²) in [5.74, 6) is 1.44. The first-order valence-electron chi connectivity index (χ1n) is 8.67. The highest BCUT2D eigenvalue weighted by Gasteiger charge is 2.28. The summed E-state index contributed by atoms with van der Waals surface area (Å²) in [7, 11) is -1.29. The minimum atomic E-state index is -3.18. The molecule has 0 amide bonds. The van der Waals surface area contributed by atoms with Crippen molar-refractivity contribution in [1.29, 1.82) is 0 Å². The van der Waals surface area contributed by atoms with Crippen molar-refractivity contribution in [1.82, 2.24) is 10.2 Å². The molecule has 0 saturated heterocycles. The Hall–Kier alpha value is -0.740. The fourth-order valence-corrected chi connectivity index (χ4v) is 3.05. The van der Waals surface area contributed by atoms with Crippen LogP contribution >= 0.6 is 35.6 Å². The fraction of sp³-hybridized carbons (Fsp3) is 0.611. The summed E-state index contributed by atoms with van der Waals surface area (Å²) in [5.41, 5.74) is 0. The number of hydrogen-bond acceptors (Lipinski definition) is 4. The average molecular weight is 532 g/mol. The van der Waals surface area contributed by atoms with Gasteiger partial charge < -0.3 is 15.0 Å². The molecule has 27 heavy (non-hydrogen) atoms. The SMILES string of the molecule is CCNC(=NCCS(=O)(=O)C(C)(C)C)N(C)CCOc1ccc(Cl)cc1.I. The van der Waals surface area contributed by atoms with Crippen LogP contribution in [0, 0.1) is 0 Å². The van der Waals surface area contributed by atoms with E-state index < -0.39 is 14.6 Å². The predicted octanol–water partition coefficient (Wildman–Crippen LogP) is 3.45. The Kier molecular flexibility index (Phi) is 11.6. The van der Waals surface area contributed by atoms with Gasteiger partial charge in [0.25, 0.3) is 0 Å². The van der Waals surface area contributed by atoms with Crippen molar-refractivity contribution in [3.63, 3.8) is 0 Å². The van der Waals surface area contributed by atoms with E-state index in [2.05, 4.69) is 10.3 Å². The van der Waals surface area contributed by atoms with Crippen molar-refractivity contribution in [2.24, 2.45) is 4.99 Å². The van der Waals surface area contributed by atoms with E-state index in [0.717, 1.165) is 5.75 Å². The maximum Gasteiger partial charge on any atom is 0.193 e. The van der Waals surface area contributed by atoms with E-state index in [1.165, 1.54) is 0 Å². The number of nitrogens with zero attached hydrogens (tertiary/aromatic N) is 2. The van der Waals surface area contributed by atoms with Gasteiger partial charge in [-0.3, -0.25) is 4.99 Å². The number of hydrogen-bond donors (Lipinski definition) is 1. The van der Waals surface area contributed by atoms with Gasteiger partial charge >= 0.3 is 0 Å². The lowest BCUT2D eigenvalue weighted by Crippen LogP contribution is -2.41. The molecular formula is C18H31ClIN3O3S. The molecule has 6 nitrogen and oxygen atoms in total. The molecular weight excluding hydrogens is 501 g/mol. The molecule has 1 aromatic rings. The highest BCUT2D eigenvalue weighted by atomic mass is 127. The van der Waals surface area contributed by atoms with Gasteiger partial charge in [-0.15, -0.1) is 24.0 Å². The first-order chi connectivity index (χ1) is 12.1. The maximum absolute atomic E-state index is 12.2. The summed E-state index contributed by atoms with van der Waals surface area (Å²) in [6.07, 6.45) is 0. The minimum absolute atomic E-state index is 0. The van der Waals surface area contributed by atoms with Gasteiger partial charge in [-0.1, -0.05) is 11.6 Å². The molecule has 156 valence electrons. The molecule has 0 fully saturated rings. The molecule has 0 saturated carbocycles. The zero-order valence-electron chi connectivity index (χ0n) is 16.7. The maximum atomic E-state index is 12.2. The second-order valence-electron chi connectivity index (χ2n) is 6.89. The Morgan fingerprint density at radius 3 is 2.37 bits per heavy atom. The van der Waals surface area contributed by atoms with E-state index in [0.29, 0.717) is 30.7 Å². The molecule has 0 heterocycles. The Balaban J connectivity index is 0.00000676. The zero-order chi connectivity index (χ0) is 19.8. The van der Waals surface area contributed by atoms with Crippen LogP contribution in [-0.2, 0) is 9.84 Å². The molecule has 1 rings (SSSR count). The lowest BCUT2D eigenvalue weighted by atomic mass is 10.3. The molecule has 0 atom stereocenters. The van der Waals surface area contributed by atoms with Crippen molar-refractivity contribution in [2.45, 2.75) is 32.4 Å². The molecule has 0 spiro atoms. The minimum Gasteiger partial charge on any atom is -0.492 e. The fourth-order valence-electron chi connectivity index (χ4n) is 1.98. The molecule has 0 bridgehead atoms. The van der Waals surface area contributed by atoms with Crippen LogP contribution in [0.4, 0.5) is 0 Å². The second-order valence-corrected chi connectivity index (χ2v) is 10.2. The summed E-state index contributed by atoms with van der Waals surface area (Å²) in [6.45, 7) is 9.10. The van der Waals surface area contributed by atoms with Gasteiger partial charge in [0.05, 0.1) is 23.6 Å². The van der Waals surface area contributed by atoms with Gasteiger partial charge in [-0.2, -0.15) is 0 Å². The summed E-state index contributed by atoms with van der Waals surface area (Å²) in [6, 6.07) is 7.20. The number of sulfone groups is 1. The largest absolute Gasteiger partial charge is 0.492 e. The Bertz CT molecular complexity index is 689. The standard InChI is InChI=1S/C18H30ClN3O3S.HI/c1-6-20-17(21-11-14-26(23,24)18(2,3)4)22(5)12-13-25-16-9-7-15(19)8-10-16;/h7-10H,6,11-14H2,1-5H3,(H,20,21);1H. The lowest BCUT2D eigenvalue weighted by Gasteiger charge is -2.23. The van der Waals surface area contributed by atoms with Crippen molar-refractivity contribution in [3.8, 4) is 5.75 Å². The van der Waals surface area contributed by atoms with Gasteiger partial charge in [0.1, 0.15) is 12.4 Å². The number of benzene rings is 1. The number of aliphatic imine (C=N–C) groups is 1. The summed E-state index contributed by atoms with van der Waals surface area (Å²) in [5, 5.41) is 3.84. The second kappa shape index (κ2) is 12.0. The van der Waals surface area contributed by atoms with E-state index in [1.54, 1.807) is 32.9 Å². The third-order valence-corrected chi connectivity index (χ3v) is 6.60. The van der Waals surface area contributed by atoms with Gasteiger partial charge in [-0.25, -0.2) is 8.42 Å². The van der Waals surface area contributed by atoms with Gasteiger partial charge in [0.2, 0.25) is 0 Å². The number of rotatable bonds is 8. The van der Waals surface area contributed by atoms with Crippen LogP contribution in [0.3, 0.4) is 0 Å². The number of nitrogens with one attached hydrogen (secondary N) is 1. The van der Waals surface area contributed by atoms with Gasteiger partial charge in [0.15, 0.2) is 15.8 Å². The van der Waals surface area contributed by atoms with Crippen molar-refractivity contribution >= 4 is 51.4 Å². The Morgan fingerprint density at radius 2 is 1.85 bits per heavy atom. The van der Waals surface area contributed by atoms with E-state index in [1.807, 2.05) is 31.0 Å². The third-order valence-electron chi connectivity index (χ3n) is 3.76. The molecule has 0 radical (unpaired) electrons. The van der Waals surface area contributed by atoms with Crippen LogP contribution in [-0.4, -0.2) is 63.1 Å². The van der Waals surface area contributed by atoms with E-state index in [-0.39, 0.29) is 36.3 Å². The number of likely N-dealkylation sites (N-methyl/N-ethyl adjacent to an activating group) is 1. The monoisotopic (exact) mass is 531 g/mol. The van der Waals surface area contributed by atoms with Crippen molar-refractivity contribution in [2.75, 3.05) is 39.0 Å². The Labute approximate surface area is 185 Å².